The van der Waals surface area contributed by atoms with Gasteiger partial charge in [0, 0.05) is 11.6 Å². The molecule has 2 aromatic carbocycles. The number of anilines is 1. The van der Waals surface area contributed by atoms with Crippen LogP contribution < -0.4 is 10.9 Å². The first-order valence-electron chi connectivity index (χ1n) is 9.99. The molecule has 1 aromatic heterocycles. The largest absolute Gasteiger partial charge is 0.461 e. The molecule has 0 spiro atoms. The van der Waals surface area contributed by atoms with Gasteiger partial charge < -0.3 is 10.1 Å². The summed E-state index contributed by atoms with van der Waals surface area (Å²) in [7, 11) is 0. The van der Waals surface area contributed by atoms with Gasteiger partial charge in [-0.3, -0.25) is 9.59 Å². The maximum absolute atomic E-state index is 12.8. The van der Waals surface area contributed by atoms with Gasteiger partial charge in [-0.2, -0.15) is 9.78 Å². The second-order valence-electron chi connectivity index (χ2n) is 7.99. The van der Waals surface area contributed by atoms with Crippen molar-refractivity contribution in [3.8, 4) is 5.69 Å². The Bertz CT molecular complexity index is 1140. The Morgan fingerprint density at radius 3 is 2.26 bits per heavy atom. The number of carbonyl (C=O) groups excluding carboxylic acids is 2. The van der Waals surface area contributed by atoms with Gasteiger partial charge in [0.2, 0.25) is 0 Å². The van der Waals surface area contributed by atoms with Crippen LogP contribution in [0.15, 0.2) is 65.5 Å². The van der Waals surface area contributed by atoms with E-state index in [0.29, 0.717) is 11.3 Å². The van der Waals surface area contributed by atoms with E-state index in [0.717, 1.165) is 10.2 Å². The first kappa shape index (κ1) is 22.0. The molecule has 7 heteroatoms. The van der Waals surface area contributed by atoms with Gasteiger partial charge in [-0.15, -0.1) is 0 Å². The van der Waals surface area contributed by atoms with E-state index in [1.807, 2.05) is 12.1 Å². The number of hydrogen-bond donors (Lipinski definition) is 1. The molecule has 0 aliphatic carbocycles. The number of nitrogens with one attached hydrogen (secondary N) is 1. The van der Waals surface area contributed by atoms with E-state index in [1.54, 1.807) is 49.4 Å². The van der Waals surface area contributed by atoms with Crippen LogP contribution in [0, 0.1) is 0 Å². The first-order valence-corrected chi connectivity index (χ1v) is 9.99. The van der Waals surface area contributed by atoms with E-state index >= 15 is 0 Å². The Kier molecular flexibility index (Phi) is 6.34. The highest BCUT2D eigenvalue weighted by Crippen LogP contribution is 2.23. The summed E-state index contributed by atoms with van der Waals surface area (Å²) >= 11 is 0. The number of ether oxygens (including phenoxy) is 1. The van der Waals surface area contributed by atoms with Gasteiger partial charge in [0.05, 0.1) is 18.0 Å². The molecular weight excluding hydrogens is 394 g/mol. The predicted octanol–water partition coefficient (Wildman–Crippen LogP) is 3.96. The zero-order valence-corrected chi connectivity index (χ0v) is 18.0. The van der Waals surface area contributed by atoms with Crippen molar-refractivity contribution in [1.82, 2.24) is 9.78 Å². The van der Waals surface area contributed by atoms with Gasteiger partial charge in [0.25, 0.3) is 11.5 Å². The predicted molar refractivity (Wildman–Crippen MR) is 119 cm³/mol. The van der Waals surface area contributed by atoms with E-state index in [9.17, 15) is 14.4 Å². The summed E-state index contributed by atoms with van der Waals surface area (Å²) in [6.07, 6.45) is 0. The van der Waals surface area contributed by atoms with E-state index < -0.39 is 17.4 Å². The number of amides is 1. The number of hydrogen-bond acceptors (Lipinski definition) is 5. The highest BCUT2D eigenvalue weighted by atomic mass is 16.5. The zero-order chi connectivity index (χ0) is 22.6. The molecule has 0 atom stereocenters. The third kappa shape index (κ3) is 5.06. The maximum atomic E-state index is 12.8. The molecule has 160 valence electrons. The summed E-state index contributed by atoms with van der Waals surface area (Å²) < 4.78 is 6.17. The van der Waals surface area contributed by atoms with Crippen molar-refractivity contribution in [1.29, 1.82) is 0 Å². The van der Waals surface area contributed by atoms with Crippen LogP contribution in [0.5, 0.6) is 0 Å². The lowest BCUT2D eigenvalue weighted by Gasteiger charge is -2.19. The molecule has 0 bridgehead atoms. The number of benzene rings is 2. The molecule has 1 heterocycles. The van der Waals surface area contributed by atoms with Crippen LogP contribution in [0.1, 0.15) is 54.1 Å². The molecule has 3 rings (SSSR count). The molecule has 1 N–H and O–H groups in total. The number of nitrogens with zero attached hydrogens (tertiary/aromatic N) is 2. The fraction of sp³-hybridized carbons (Fsp3) is 0.250. The Hall–Kier alpha value is -3.74. The topological polar surface area (TPSA) is 90.3 Å². The SMILES string of the molecule is CCOC(=O)c1nn(-c2ccccc2)c(=O)cc1NC(=O)c1ccc(C(C)(C)C)cc1. The molecule has 0 unspecified atom stereocenters. The van der Waals surface area contributed by atoms with Crippen LogP contribution in [0.25, 0.3) is 5.69 Å². The van der Waals surface area contributed by atoms with Gasteiger partial charge in [0.15, 0.2) is 5.69 Å². The molecule has 0 fully saturated rings. The Morgan fingerprint density at radius 2 is 1.68 bits per heavy atom. The van der Waals surface area contributed by atoms with Crippen molar-refractivity contribution in [2.45, 2.75) is 33.1 Å². The zero-order valence-electron chi connectivity index (χ0n) is 18.0. The summed E-state index contributed by atoms with van der Waals surface area (Å²) in [5.41, 5.74) is 1.30. The standard InChI is InChI=1S/C24H25N3O4/c1-5-31-23(30)21-19(15-20(28)27(26-21)18-9-7-6-8-10-18)25-22(29)16-11-13-17(14-12-16)24(2,3)4/h6-15H,5H2,1-4H3,(H,25,29). The quantitative estimate of drug-likeness (QED) is 0.632. The molecule has 0 aliphatic heterocycles. The van der Waals surface area contributed by atoms with Gasteiger partial charge in [-0.25, -0.2) is 4.79 Å². The summed E-state index contributed by atoms with van der Waals surface area (Å²) in [4.78, 5) is 37.9. The summed E-state index contributed by atoms with van der Waals surface area (Å²) in [6.45, 7) is 8.05. The number of esters is 1. The monoisotopic (exact) mass is 419 g/mol. The van der Waals surface area contributed by atoms with Crippen molar-refractivity contribution in [2.75, 3.05) is 11.9 Å². The fourth-order valence-corrected chi connectivity index (χ4v) is 2.97. The van der Waals surface area contributed by atoms with Crippen LogP contribution in [0.2, 0.25) is 0 Å². The molecule has 3 aromatic rings. The van der Waals surface area contributed by atoms with E-state index in [1.165, 1.54) is 6.07 Å². The molecule has 0 aliphatic rings. The molecule has 1 amide bonds. The molecular formula is C24H25N3O4. The van der Waals surface area contributed by atoms with Gasteiger partial charge in [-0.1, -0.05) is 51.1 Å². The van der Waals surface area contributed by atoms with Crippen molar-refractivity contribution in [3.63, 3.8) is 0 Å². The molecule has 0 radical (unpaired) electrons. The van der Waals surface area contributed by atoms with E-state index in [2.05, 4.69) is 31.2 Å². The van der Waals surface area contributed by atoms with Gasteiger partial charge in [0.1, 0.15) is 0 Å². The average Bonchev–Trinajstić information content (AvgIpc) is 2.74. The fourth-order valence-electron chi connectivity index (χ4n) is 2.97. The van der Waals surface area contributed by atoms with Gasteiger partial charge >= 0.3 is 5.97 Å². The van der Waals surface area contributed by atoms with E-state index in [-0.39, 0.29) is 23.4 Å². The summed E-state index contributed by atoms with van der Waals surface area (Å²) in [5.74, 6) is -1.18. The van der Waals surface area contributed by atoms with Crippen molar-refractivity contribution >= 4 is 17.6 Å². The number of para-hydroxylation sites is 1. The molecule has 0 saturated heterocycles. The Balaban J connectivity index is 1.98. The highest BCUT2D eigenvalue weighted by Gasteiger charge is 2.21. The van der Waals surface area contributed by atoms with Crippen LogP contribution >= 0.6 is 0 Å². The molecule has 31 heavy (non-hydrogen) atoms. The minimum absolute atomic E-state index is 0.000490. The van der Waals surface area contributed by atoms with Crippen LogP contribution in [0.4, 0.5) is 5.69 Å². The Labute approximate surface area is 180 Å². The van der Waals surface area contributed by atoms with Crippen LogP contribution in [-0.2, 0) is 10.2 Å². The smallest absolute Gasteiger partial charge is 0.360 e. The maximum Gasteiger partial charge on any atom is 0.360 e. The number of carbonyl (C=O) groups is 2. The average molecular weight is 419 g/mol. The minimum Gasteiger partial charge on any atom is -0.461 e. The lowest BCUT2D eigenvalue weighted by Crippen LogP contribution is -2.27. The normalized spacial score (nSPS) is 11.1. The lowest BCUT2D eigenvalue weighted by atomic mass is 9.87. The van der Waals surface area contributed by atoms with E-state index in [4.69, 9.17) is 4.74 Å². The van der Waals surface area contributed by atoms with Crippen molar-refractivity contribution in [3.05, 3.63) is 87.8 Å². The third-order valence-corrected chi connectivity index (χ3v) is 4.66. The minimum atomic E-state index is -0.731. The van der Waals surface area contributed by atoms with Crippen LogP contribution in [0.3, 0.4) is 0 Å². The van der Waals surface area contributed by atoms with Crippen molar-refractivity contribution < 1.29 is 14.3 Å². The van der Waals surface area contributed by atoms with Crippen LogP contribution in [-0.4, -0.2) is 28.3 Å². The highest BCUT2D eigenvalue weighted by molar-refractivity contribution is 6.07. The number of rotatable bonds is 5. The molecule has 7 nitrogen and oxygen atoms in total. The van der Waals surface area contributed by atoms with Crippen molar-refractivity contribution in [2.24, 2.45) is 0 Å². The molecule has 0 saturated carbocycles. The number of aromatic nitrogens is 2. The third-order valence-electron chi connectivity index (χ3n) is 4.66. The Morgan fingerprint density at radius 1 is 1.03 bits per heavy atom. The summed E-state index contributed by atoms with van der Waals surface area (Å²) in [5, 5.41) is 6.80. The first-order chi connectivity index (χ1) is 14.7. The second-order valence-corrected chi connectivity index (χ2v) is 7.99. The second kappa shape index (κ2) is 8.95. The van der Waals surface area contributed by atoms with Gasteiger partial charge in [-0.05, 0) is 42.2 Å². The summed E-state index contributed by atoms with van der Waals surface area (Å²) in [6, 6.07) is 17.1. The lowest BCUT2D eigenvalue weighted by molar-refractivity contribution is 0.0518.